The van der Waals surface area contributed by atoms with E-state index in [0.29, 0.717) is 23.9 Å². The van der Waals surface area contributed by atoms with Crippen molar-refractivity contribution in [1.29, 1.82) is 0 Å². The highest BCUT2D eigenvalue weighted by Gasteiger charge is 2.41. The molecule has 2 fully saturated rings. The van der Waals surface area contributed by atoms with Crippen LogP contribution in [0.2, 0.25) is 0 Å². The molecule has 1 aromatic rings. The maximum absolute atomic E-state index is 11.9. The minimum atomic E-state index is -0.814. The summed E-state index contributed by atoms with van der Waals surface area (Å²) in [5.41, 5.74) is 0.257. The number of hydrogen-bond donors (Lipinski definition) is 3. The number of carbonyl (C=O) groups excluding carboxylic acids is 1. The second-order valence-corrected chi connectivity index (χ2v) is 6.81. The number of amides is 2. The van der Waals surface area contributed by atoms with Gasteiger partial charge < -0.3 is 10.4 Å². The number of carboxylic acids is 1. The molecule has 6 nitrogen and oxygen atoms in total. The van der Waals surface area contributed by atoms with Crippen molar-refractivity contribution in [2.24, 2.45) is 5.41 Å². The molecule has 0 bridgehead atoms. The molecule has 2 amide bonds. The molecule has 0 atom stereocenters. The standard InChI is InChI=1S/C14H19N3O3S/c18-11(19)14(5-1-2-6-14)8-15-12(20)17-13-16-10(7-21-13)9-3-4-9/h7,9H,1-6,8H2,(H,18,19)(H2,15,16,17,20). The number of thiazole rings is 1. The van der Waals surface area contributed by atoms with Crippen molar-refractivity contribution in [3.63, 3.8) is 0 Å². The predicted octanol–water partition coefficient (Wildman–Crippen LogP) is 2.79. The molecule has 21 heavy (non-hydrogen) atoms. The van der Waals surface area contributed by atoms with Crippen molar-refractivity contribution in [2.75, 3.05) is 11.9 Å². The fourth-order valence-electron chi connectivity index (χ4n) is 2.82. The smallest absolute Gasteiger partial charge is 0.321 e. The number of carbonyl (C=O) groups is 2. The second-order valence-electron chi connectivity index (χ2n) is 5.95. The molecule has 0 saturated heterocycles. The van der Waals surface area contributed by atoms with Gasteiger partial charge >= 0.3 is 12.0 Å². The summed E-state index contributed by atoms with van der Waals surface area (Å²) in [5, 5.41) is 17.3. The average Bonchev–Trinajstić information content (AvgIpc) is 3.01. The van der Waals surface area contributed by atoms with E-state index in [9.17, 15) is 14.7 Å². The van der Waals surface area contributed by atoms with Gasteiger partial charge in [0.25, 0.3) is 0 Å². The summed E-state index contributed by atoms with van der Waals surface area (Å²) in [6.45, 7) is 0.176. The van der Waals surface area contributed by atoms with Crippen molar-refractivity contribution >= 4 is 28.5 Å². The van der Waals surface area contributed by atoms with Crippen LogP contribution in [0.4, 0.5) is 9.93 Å². The molecular formula is C14H19N3O3S. The van der Waals surface area contributed by atoms with Crippen molar-refractivity contribution in [2.45, 2.75) is 44.4 Å². The predicted molar refractivity (Wildman–Crippen MR) is 79.6 cm³/mol. The Balaban J connectivity index is 1.52. The first-order valence-electron chi connectivity index (χ1n) is 7.33. The monoisotopic (exact) mass is 309 g/mol. The van der Waals surface area contributed by atoms with Crippen LogP contribution in [0.5, 0.6) is 0 Å². The molecule has 0 aliphatic heterocycles. The zero-order valence-corrected chi connectivity index (χ0v) is 12.5. The second kappa shape index (κ2) is 5.63. The fraction of sp³-hybridized carbons (Fsp3) is 0.643. The van der Waals surface area contributed by atoms with Gasteiger partial charge in [-0.1, -0.05) is 12.8 Å². The zero-order chi connectivity index (χ0) is 14.9. The third kappa shape index (κ3) is 3.18. The molecule has 7 heteroatoms. The lowest BCUT2D eigenvalue weighted by Crippen LogP contribution is -2.42. The van der Waals surface area contributed by atoms with Crippen molar-refractivity contribution in [3.05, 3.63) is 11.1 Å². The SMILES string of the molecule is O=C(NCC1(C(=O)O)CCCC1)Nc1nc(C2CC2)cs1. The number of rotatable bonds is 5. The number of nitrogens with zero attached hydrogens (tertiary/aromatic N) is 1. The van der Waals surface area contributed by atoms with Gasteiger partial charge in [-0.25, -0.2) is 9.78 Å². The summed E-state index contributed by atoms with van der Waals surface area (Å²) in [6.07, 6.45) is 5.43. The van der Waals surface area contributed by atoms with Crippen LogP contribution in [0.3, 0.4) is 0 Å². The van der Waals surface area contributed by atoms with E-state index < -0.39 is 11.4 Å². The summed E-state index contributed by atoms with van der Waals surface area (Å²) >= 11 is 1.41. The summed E-state index contributed by atoms with van der Waals surface area (Å²) in [6, 6.07) is -0.376. The quantitative estimate of drug-likeness (QED) is 0.780. The molecule has 0 unspecified atom stereocenters. The Labute approximate surface area is 127 Å². The highest BCUT2D eigenvalue weighted by Crippen LogP contribution is 2.41. The number of aliphatic carboxylic acids is 1. The van der Waals surface area contributed by atoms with Gasteiger partial charge in [0.05, 0.1) is 11.1 Å². The Kier molecular flexibility index (Phi) is 3.84. The topological polar surface area (TPSA) is 91.3 Å². The van der Waals surface area contributed by atoms with Gasteiger partial charge in [0.1, 0.15) is 0 Å². The first-order chi connectivity index (χ1) is 10.1. The van der Waals surface area contributed by atoms with E-state index in [1.54, 1.807) is 0 Å². The van der Waals surface area contributed by atoms with E-state index in [0.717, 1.165) is 18.5 Å². The normalized spacial score (nSPS) is 20.2. The summed E-state index contributed by atoms with van der Waals surface area (Å²) in [7, 11) is 0. The number of urea groups is 1. The lowest BCUT2D eigenvalue weighted by molar-refractivity contribution is -0.148. The Morgan fingerprint density at radius 3 is 2.71 bits per heavy atom. The molecule has 3 rings (SSSR count). The number of aromatic nitrogens is 1. The highest BCUT2D eigenvalue weighted by atomic mass is 32.1. The molecular weight excluding hydrogens is 290 g/mol. The van der Waals surface area contributed by atoms with E-state index in [2.05, 4.69) is 15.6 Å². The van der Waals surface area contributed by atoms with Crippen molar-refractivity contribution < 1.29 is 14.7 Å². The van der Waals surface area contributed by atoms with Gasteiger partial charge in [0, 0.05) is 17.8 Å². The van der Waals surface area contributed by atoms with Gasteiger partial charge in [-0.15, -0.1) is 11.3 Å². The maximum atomic E-state index is 11.9. The van der Waals surface area contributed by atoms with Crippen LogP contribution in [0.25, 0.3) is 0 Å². The fourth-order valence-corrected chi connectivity index (χ4v) is 3.61. The number of anilines is 1. The van der Waals surface area contributed by atoms with Crippen LogP contribution in [0.15, 0.2) is 5.38 Å². The third-order valence-corrected chi connectivity index (χ3v) is 5.12. The molecule has 114 valence electrons. The zero-order valence-electron chi connectivity index (χ0n) is 11.7. The van der Waals surface area contributed by atoms with Crippen LogP contribution in [0, 0.1) is 5.41 Å². The van der Waals surface area contributed by atoms with E-state index in [-0.39, 0.29) is 12.6 Å². The Morgan fingerprint density at radius 2 is 2.10 bits per heavy atom. The Morgan fingerprint density at radius 1 is 1.38 bits per heavy atom. The molecule has 1 heterocycles. The molecule has 2 saturated carbocycles. The molecule has 2 aliphatic carbocycles. The minimum absolute atomic E-state index is 0.176. The van der Waals surface area contributed by atoms with E-state index in [1.807, 2.05) is 5.38 Å². The van der Waals surface area contributed by atoms with Crippen LogP contribution in [0.1, 0.15) is 50.1 Å². The van der Waals surface area contributed by atoms with Gasteiger partial charge in [-0.3, -0.25) is 10.1 Å². The minimum Gasteiger partial charge on any atom is -0.481 e. The molecule has 0 aromatic carbocycles. The summed E-state index contributed by atoms with van der Waals surface area (Å²) < 4.78 is 0. The lowest BCUT2D eigenvalue weighted by Gasteiger charge is -2.23. The molecule has 2 aliphatic rings. The first-order valence-corrected chi connectivity index (χ1v) is 8.21. The highest BCUT2D eigenvalue weighted by molar-refractivity contribution is 7.13. The van der Waals surface area contributed by atoms with Gasteiger partial charge in [0.15, 0.2) is 5.13 Å². The largest absolute Gasteiger partial charge is 0.481 e. The lowest BCUT2D eigenvalue weighted by atomic mass is 9.86. The van der Waals surface area contributed by atoms with Gasteiger partial charge in [-0.2, -0.15) is 0 Å². The number of carboxylic acid groups (broad SMARTS) is 1. The Hall–Kier alpha value is -1.63. The first kappa shape index (κ1) is 14.3. The molecule has 0 radical (unpaired) electrons. The third-order valence-electron chi connectivity index (χ3n) is 4.34. The van der Waals surface area contributed by atoms with Crippen LogP contribution in [-0.4, -0.2) is 28.6 Å². The van der Waals surface area contributed by atoms with E-state index in [4.69, 9.17) is 0 Å². The van der Waals surface area contributed by atoms with Crippen molar-refractivity contribution in [3.8, 4) is 0 Å². The number of hydrogen-bond acceptors (Lipinski definition) is 4. The van der Waals surface area contributed by atoms with Gasteiger partial charge in [0.2, 0.25) is 0 Å². The average molecular weight is 309 g/mol. The number of nitrogens with one attached hydrogen (secondary N) is 2. The van der Waals surface area contributed by atoms with Crippen molar-refractivity contribution in [1.82, 2.24) is 10.3 Å². The maximum Gasteiger partial charge on any atom is 0.321 e. The molecule has 3 N–H and O–H groups in total. The summed E-state index contributed by atoms with van der Waals surface area (Å²) in [5.74, 6) is -0.251. The molecule has 0 spiro atoms. The van der Waals surface area contributed by atoms with Crippen LogP contribution in [-0.2, 0) is 4.79 Å². The summed E-state index contributed by atoms with van der Waals surface area (Å²) in [4.78, 5) is 27.7. The van der Waals surface area contributed by atoms with Gasteiger partial charge in [-0.05, 0) is 25.7 Å². The molecule has 1 aromatic heterocycles. The van der Waals surface area contributed by atoms with E-state index in [1.165, 1.54) is 24.2 Å². The van der Waals surface area contributed by atoms with Crippen LogP contribution >= 0.6 is 11.3 Å². The van der Waals surface area contributed by atoms with Crippen LogP contribution < -0.4 is 10.6 Å². The Bertz CT molecular complexity index is 547. The van der Waals surface area contributed by atoms with E-state index >= 15 is 0 Å².